The highest BCUT2D eigenvalue weighted by molar-refractivity contribution is 5.59. The maximum Gasteiger partial charge on any atom is 0.382 e. The molecular weight excluding hydrogens is 540 g/mol. The molecule has 40 heavy (non-hydrogen) atoms. The van der Waals surface area contributed by atoms with Crippen molar-refractivity contribution in [1.29, 1.82) is 0 Å². The van der Waals surface area contributed by atoms with E-state index >= 15 is 35.1 Å². The molecule has 2 rings (SSSR count). The Bertz CT molecular complexity index is 1080. The zero-order chi connectivity index (χ0) is 30.8. The van der Waals surface area contributed by atoms with Crippen LogP contribution in [0.2, 0.25) is 0 Å². The van der Waals surface area contributed by atoms with E-state index in [2.05, 4.69) is 0 Å². The van der Waals surface area contributed by atoms with Gasteiger partial charge in [-0.05, 0) is 84.0 Å². The van der Waals surface area contributed by atoms with Gasteiger partial charge in [0, 0.05) is 22.5 Å². The molecule has 0 aliphatic carbocycles. The molecule has 0 unspecified atom stereocenters. The van der Waals surface area contributed by atoms with Crippen LogP contribution in [0.5, 0.6) is 0 Å². The smallest absolute Gasteiger partial charge is 0.382 e. The van der Waals surface area contributed by atoms with Crippen LogP contribution in [0.25, 0.3) is 0 Å². The van der Waals surface area contributed by atoms with Gasteiger partial charge in [0.15, 0.2) is 0 Å². The fraction of sp³-hybridized carbons (Fsp3) is 0.600. The van der Waals surface area contributed by atoms with Crippen LogP contribution in [-0.4, -0.2) is 11.8 Å². The van der Waals surface area contributed by atoms with Gasteiger partial charge in [-0.2, -0.15) is 35.1 Å². The lowest BCUT2D eigenvalue weighted by Crippen LogP contribution is -2.59. The summed E-state index contributed by atoms with van der Waals surface area (Å²) < 4.78 is 123. The fourth-order valence-electron chi connectivity index (χ4n) is 4.70. The van der Waals surface area contributed by atoms with Gasteiger partial charge in [0.2, 0.25) is 0 Å². The van der Waals surface area contributed by atoms with E-state index < -0.39 is 46.7 Å². The predicted octanol–water partition coefficient (Wildman–Crippen LogP) is 9.94. The number of rotatable bonds is 13. The highest BCUT2D eigenvalue weighted by atomic mass is 19.4. The summed E-state index contributed by atoms with van der Waals surface area (Å²) in [6, 6.07) is 2.48. The molecule has 0 saturated heterocycles. The number of benzene rings is 2. The van der Waals surface area contributed by atoms with Gasteiger partial charge in [0.1, 0.15) is 0 Å². The molecule has 0 atom stereocenters. The Kier molecular flexibility index (Phi) is 10.2. The largest absolute Gasteiger partial charge is 0.398 e. The number of nitrogen functional groups attached to an aromatic ring is 2. The average Bonchev–Trinajstić information content (AvgIpc) is 2.86. The Morgan fingerprint density at radius 1 is 0.575 bits per heavy atom. The minimum Gasteiger partial charge on any atom is -0.398 e. The van der Waals surface area contributed by atoms with Crippen LogP contribution in [-0.2, 0) is 24.7 Å². The minimum absolute atomic E-state index is 0.0508. The van der Waals surface area contributed by atoms with E-state index in [-0.39, 0.29) is 46.5 Å². The van der Waals surface area contributed by atoms with E-state index in [9.17, 15) is 0 Å². The molecule has 0 amide bonds. The maximum absolute atomic E-state index is 15.4. The van der Waals surface area contributed by atoms with Crippen molar-refractivity contribution in [3.63, 3.8) is 0 Å². The first-order valence-electron chi connectivity index (χ1n) is 13.7. The van der Waals surface area contributed by atoms with Crippen molar-refractivity contribution < 1.29 is 35.1 Å². The second-order valence-electron chi connectivity index (χ2n) is 11.1. The zero-order valence-corrected chi connectivity index (χ0v) is 23.9. The molecule has 0 bridgehead atoms. The maximum atomic E-state index is 15.4. The van der Waals surface area contributed by atoms with Crippen molar-refractivity contribution >= 4 is 11.4 Å². The predicted molar refractivity (Wildman–Crippen MR) is 145 cm³/mol. The third kappa shape index (κ3) is 5.91. The highest BCUT2D eigenvalue weighted by Gasteiger charge is 2.81. The number of hydrogen-bond donors (Lipinski definition) is 2. The molecule has 2 nitrogen and oxygen atoms in total. The van der Waals surface area contributed by atoms with Gasteiger partial charge < -0.3 is 11.5 Å². The quantitative estimate of drug-likeness (QED) is 0.183. The molecule has 0 heterocycles. The van der Waals surface area contributed by atoms with Crippen LogP contribution < -0.4 is 11.5 Å². The molecule has 10 heteroatoms. The number of aryl methyl sites for hydroxylation is 2. The summed E-state index contributed by atoms with van der Waals surface area (Å²) in [5.41, 5.74) is 9.60. The van der Waals surface area contributed by atoms with Crippen molar-refractivity contribution in [3.05, 3.63) is 57.6 Å². The topological polar surface area (TPSA) is 52.0 Å². The number of unbranched alkanes of at least 4 members (excludes halogenated alkanes) is 2. The first kappa shape index (κ1) is 33.7. The molecule has 0 spiro atoms. The molecular formula is C30H40F8N2. The van der Waals surface area contributed by atoms with Crippen LogP contribution >= 0.6 is 0 Å². The summed E-state index contributed by atoms with van der Waals surface area (Å²) in [7, 11) is 0. The lowest BCUT2D eigenvalue weighted by Gasteiger charge is -2.38. The van der Waals surface area contributed by atoms with E-state index in [1.165, 1.54) is 0 Å². The lowest BCUT2D eigenvalue weighted by atomic mass is 9.85. The summed E-state index contributed by atoms with van der Waals surface area (Å²) in [6.45, 7) is 9.90. The Hall–Kier alpha value is -2.52. The first-order chi connectivity index (χ1) is 18.3. The third-order valence-electron chi connectivity index (χ3n) is 7.35. The van der Waals surface area contributed by atoms with Crippen LogP contribution in [0.15, 0.2) is 24.3 Å². The summed E-state index contributed by atoms with van der Waals surface area (Å²) in [4.78, 5) is 0. The fourth-order valence-corrected chi connectivity index (χ4v) is 4.70. The highest BCUT2D eigenvalue weighted by Crippen LogP contribution is 2.59. The van der Waals surface area contributed by atoms with Crippen LogP contribution in [0.3, 0.4) is 0 Å². The van der Waals surface area contributed by atoms with Crippen LogP contribution in [0, 0.1) is 0 Å². The van der Waals surface area contributed by atoms with E-state index in [1.54, 1.807) is 27.7 Å². The molecule has 2 aromatic carbocycles. The molecule has 0 aliphatic heterocycles. The van der Waals surface area contributed by atoms with Gasteiger partial charge in [-0.1, -0.05) is 54.4 Å². The molecule has 0 saturated carbocycles. The molecule has 0 aliphatic rings. The first-order valence-corrected chi connectivity index (χ1v) is 13.7. The van der Waals surface area contributed by atoms with E-state index in [0.717, 1.165) is 0 Å². The number of anilines is 2. The zero-order valence-electron chi connectivity index (χ0n) is 23.9. The van der Waals surface area contributed by atoms with Gasteiger partial charge in [0.05, 0.1) is 0 Å². The molecule has 0 fully saturated rings. The summed E-state index contributed by atoms with van der Waals surface area (Å²) in [5, 5.41) is 0. The summed E-state index contributed by atoms with van der Waals surface area (Å²) >= 11 is 0. The van der Waals surface area contributed by atoms with E-state index in [4.69, 9.17) is 11.5 Å². The van der Waals surface area contributed by atoms with Crippen molar-refractivity contribution in [2.24, 2.45) is 0 Å². The Morgan fingerprint density at radius 2 is 0.875 bits per heavy atom. The lowest BCUT2D eigenvalue weighted by molar-refractivity contribution is -0.374. The number of nitrogens with two attached hydrogens (primary N) is 2. The number of alkyl halides is 8. The van der Waals surface area contributed by atoms with Gasteiger partial charge in [-0.15, -0.1) is 0 Å². The van der Waals surface area contributed by atoms with Gasteiger partial charge >= 0.3 is 23.7 Å². The number of hydrogen-bond acceptors (Lipinski definition) is 2. The summed E-state index contributed by atoms with van der Waals surface area (Å²) in [5.74, 6) is -25.3. The minimum atomic E-state index is -6.47. The van der Waals surface area contributed by atoms with Crippen molar-refractivity contribution in [2.75, 3.05) is 11.5 Å². The normalized spacial score (nSPS) is 13.5. The van der Waals surface area contributed by atoms with Gasteiger partial charge in [-0.25, -0.2) is 0 Å². The summed E-state index contributed by atoms with van der Waals surface area (Å²) in [6.07, 6.45) is 2.45. The van der Waals surface area contributed by atoms with Crippen molar-refractivity contribution in [2.45, 2.75) is 116 Å². The molecule has 226 valence electrons. The second-order valence-corrected chi connectivity index (χ2v) is 11.1. The second kappa shape index (κ2) is 12.1. The third-order valence-corrected chi connectivity index (χ3v) is 7.35. The monoisotopic (exact) mass is 580 g/mol. The Balaban J connectivity index is 2.74. The Morgan fingerprint density at radius 3 is 1.12 bits per heavy atom. The van der Waals surface area contributed by atoms with Crippen molar-refractivity contribution in [3.8, 4) is 0 Å². The van der Waals surface area contributed by atoms with Crippen LogP contribution in [0.1, 0.15) is 112 Å². The molecule has 0 aromatic heterocycles. The van der Waals surface area contributed by atoms with Crippen LogP contribution in [0.4, 0.5) is 46.5 Å². The SMILES string of the molecule is CCCCc1cc(C(F)(F)C(F)(F)C(F)(F)C(F)(F)c2cc(CCCC)c(N)c(C(C)C)c2)cc(C(C)C)c1N. The van der Waals surface area contributed by atoms with E-state index in [0.29, 0.717) is 49.9 Å². The molecule has 0 radical (unpaired) electrons. The van der Waals surface area contributed by atoms with E-state index in [1.807, 2.05) is 13.8 Å². The molecule has 4 N–H and O–H groups in total. The number of halogens is 8. The molecule has 2 aromatic rings. The van der Waals surface area contributed by atoms with Crippen molar-refractivity contribution in [1.82, 2.24) is 0 Å². The Labute approximate surface area is 231 Å². The average molecular weight is 581 g/mol. The van der Waals surface area contributed by atoms with Gasteiger partial charge in [0.25, 0.3) is 0 Å². The van der Waals surface area contributed by atoms with Gasteiger partial charge in [-0.3, -0.25) is 0 Å². The standard InChI is InChI=1S/C30H40F8N2/c1-7-9-11-19-13-21(15-23(17(3)4)25(19)39)27(31,32)29(35,36)30(37,38)28(33,34)22-14-20(12-10-8-2)26(40)24(16-22)18(5)6/h13-18H,7-12,39-40H2,1-6H3.